The third kappa shape index (κ3) is 4.67. The van der Waals surface area contributed by atoms with Crippen molar-refractivity contribution in [2.24, 2.45) is 0 Å². The van der Waals surface area contributed by atoms with Gasteiger partial charge in [0, 0.05) is 44.0 Å². The molecule has 1 fully saturated rings. The first kappa shape index (κ1) is 21.4. The lowest BCUT2D eigenvalue weighted by Crippen LogP contribution is -2.48. The summed E-state index contributed by atoms with van der Waals surface area (Å²) in [4.78, 5) is 25.6. The summed E-state index contributed by atoms with van der Waals surface area (Å²) in [6.07, 6.45) is 1.57. The lowest BCUT2D eigenvalue weighted by atomic mass is 10.1. The van der Waals surface area contributed by atoms with Crippen molar-refractivity contribution in [3.05, 3.63) is 76.8 Å². The number of benzene rings is 1. The molecular weight excluding hydrogens is 442 g/mol. The lowest BCUT2D eigenvalue weighted by molar-refractivity contribution is 0.0628. The number of hydrogen-bond acceptors (Lipinski definition) is 7. The van der Waals surface area contributed by atoms with Gasteiger partial charge < -0.3 is 13.8 Å². The molecule has 4 heterocycles. The molecule has 168 valence electrons. The number of aromatic nitrogens is 3. The summed E-state index contributed by atoms with van der Waals surface area (Å²) in [5.41, 5.74) is 3.31. The van der Waals surface area contributed by atoms with E-state index < -0.39 is 0 Å². The van der Waals surface area contributed by atoms with Gasteiger partial charge in [-0.1, -0.05) is 41.0 Å². The molecule has 0 unspecified atom stereocenters. The van der Waals surface area contributed by atoms with Crippen LogP contribution < -0.4 is 0 Å². The fourth-order valence-corrected chi connectivity index (χ4v) is 4.10. The molecule has 4 aromatic rings. The molecule has 0 radical (unpaired) electrons. The summed E-state index contributed by atoms with van der Waals surface area (Å²) in [6, 6.07) is 15.2. The minimum Gasteiger partial charge on any atom is -0.459 e. The van der Waals surface area contributed by atoms with E-state index in [0.29, 0.717) is 36.1 Å². The van der Waals surface area contributed by atoms with Gasteiger partial charge >= 0.3 is 0 Å². The molecule has 0 saturated carbocycles. The standard InChI is InChI=1S/C24H22ClN5O3/c1-16-4-9-19(21(25)26-16)24(31)30-12-10-29(11-13-30)15-17-5-7-18(8-6-17)22-27-23(33-28-22)20-3-2-14-32-20/h2-9,14H,10-13,15H2,1H3. The Morgan fingerprint density at radius 3 is 2.52 bits per heavy atom. The number of rotatable bonds is 5. The summed E-state index contributed by atoms with van der Waals surface area (Å²) in [6.45, 7) is 5.55. The highest BCUT2D eigenvalue weighted by Crippen LogP contribution is 2.23. The van der Waals surface area contributed by atoms with Crippen LogP contribution in [-0.4, -0.2) is 57.0 Å². The van der Waals surface area contributed by atoms with Crippen LogP contribution in [0, 0.1) is 6.92 Å². The number of carbonyl (C=O) groups excluding carboxylic acids is 1. The Labute approximate surface area is 195 Å². The number of nitrogens with zero attached hydrogens (tertiary/aromatic N) is 5. The second kappa shape index (κ2) is 9.17. The summed E-state index contributed by atoms with van der Waals surface area (Å²) in [5.74, 6) is 1.35. The molecular formula is C24H22ClN5O3. The maximum Gasteiger partial charge on any atom is 0.293 e. The van der Waals surface area contributed by atoms with Crippen LogP contribution in [0.2, 0.25) is 5.15 Å². The second-order valence-corrected chi connectivity index (χ2v) is 8.31. The van der Waals surface area contributed by atoms with Crippen LogP contribution in [0.4, 0.5) is 0 Å². The van der Waals surface area contributed by atoms with Gasteiger partial charge in [0.2, 0.25) is 5.82 Å². The van der Waals surface area contributed by atoms with Gasteiger partial charge in [0.15, 0.2) is 5.76 Å². The molecule has 3 aromatic heterocycles. The van der Waals surface area contributed by atoms with Crippen LogP contribution in [0.15, 0.2) is 63.7 Å². The molecule has 0 aliphatic carbocycles. The van der Waals surface area contributed by atoms with E-state index in [4.69, 9.17) is 20.5 Å². The van der Waals surface area contributed by atoms with Crippen LogP contribution in [0.3, 0.4) is 0 Å². The molecule has 1 aromatic carbocycles. The first-order valence-electron chi connectivity index (χ1n) is 10.7. The van der Waals surface area contributed by atoms with E-state index in [0.717, 1.165) is 30.9 Å². The zero-order valence-corrected chi connectivity index (χ0v) is 18.8. The number of pyridine rings is 1. The largest absolute Gasteiger partial charge is 0.459 e. The molecule has 33 heavy (non-hydrogen) atoms. The van der Waals surface area contributed by atoms with Crippen molar-refractivity contribution < 1.29 is 13.7 Å². The number of aryl methyl sites for hydroxylation is 1. The third-order valence-electron chi connectivity index (χ3n) is 5.65. The Morgan fingerprint density at radius 2 is 1.82 bits per heavy atom. The second-order valence-electron chi connectivity index (χ2n) is 7.96. The molecule has 0 atom stereocenters. The van der Waals surface area contributed by atoms with Crippen LogP contribution in [-0.2, 0) is 6.54 Å². The Balaban J connectivity index is 1.17. The first-order chi connectivity index (χ1) is 16.1. The van der Waals surface area contributed by atoms with Crippen molar-refractivity contribution in [1.29, 1.82) is 0 Å². The number of hydrogen-bond donors (Lipinski definition) is 0. The van der Waals surface area contributed by atoms with Gasteiger partial charge in [-0.25, -0.2) is 4.98 Å². The van der Waals surface area contributed by atoms with Crippen LogP contribution in [0.1, 0.15) is 21.6 Å². The number of halogens is 1. The summed E-state index contributed by atoms with van der Waals surface area (Å²) < 4.78 is 10.6. The Morgan fingerprint density at radius 1 is 1.03 bits per heavy atom. The van der Waals surface area contributed by atoms with Crippen molar-refractivity contribution in [3.63, 3.8) is 0 Å². The first-order valence-corrected chi connectivity index (χ1v) is 11.1. The SMILES string of the molecule is Cc1ccc(C(=O)N2CCN(Cc3ccc(-c4noc(-c5ccco5)n4)cc3)CC2)c(Cl)n1. The third-order valence-corrected chi connectivity index (χ3v) is 5.94. The summed E-state index contributed by atoms with van der Waals surface area (Å²) >= 11 is 6.18. The average Bonchev–Trinajstić information content (AvgIpc) is 3.52. The molecule has 9 heteroatoms. The predicted molar refractivity (Wildman–Crippen MR) is 123 cm³/mol. The molecule has 8 nitrogen and oxygen atoms in total. The average molecular weight is 464 g/mol. The quantitative estimate of drug-likeness (QED) is 0.407. The molecule has 5 rings (SSSR count). The lowest BCUT2D eigenvalue weighted by Gasteiger charge is -2.34. The minimum absolute atomic E-state index is 0.0643. The Kier molecular flexibility index (Phi) is 5.93. The van der Waals surface area contributed by atoms with E-state index in [1.807, 2.05) is 30.0 Å². The normalized spacial score (nSPS) is 14.5. The number of furan rings is 1. The number of piperazine rings is 1. The van der Waals surface area contributed by atoms with E-state index in [1.165, 1.54) is 5.56 Å². The van der Waals surface area contributed by atoms with Crippen molar-refractivity contribution in [1.82, 2.24) is 24.9 Å². The van der Waals surface area contributed by atoms with E-state index in [2.05, 4.69) is 32.2 Å². The molecule has 0 N–H and O–H groups in total. The summed E-state index contributed by atoms with van der Waals surface area (Å²) in [7, 11) is 0. The van der Waals surface area contributed by atoms with Crippen molar-refractivity contribution in [2.75, 3.05) is 26.2 Å². The topological polar surface area (TPSA) is 88.5 Å². The van der Waals surface area contributed by atoms with Gasteiger partial charge in [0.05, 0.1) is 11.8 Å². The van der Waals surface area contributed by atoms with Crippen molar-refractivity contribution in [2.45, 2.75) is 13.5 Å². The maximum atomic E-state index is 12.8. The van der Waals surface area contributed by atoms with E-state index in [-0.39, 0.29) is 11.1 Å². The monoisotopic (exact) mass is 463 g/mol. The highest BCUT2D eigenvalue weighted by molar-refractivity contribution is 6.32. The van der Waals surface area contributed by atoms with E-state index >= 15 is 0 Å². The van der Waals surface area contributed by atoms with Gasteiger partial charge in [-0.15, -0.1) is 0 Å². The van der Waals surface area contributed by atoms with Gasteiger partial charge in [-0.2, -0.15) is 4.98 Å². The van der Waals surface area contributed by atoms with E-state index in [9.17, 15) is 4.79 Å². The van der Waals surface area contributed by atoms with Crippen molar-refractivity contribution in [3.8, 4) is 23.0 Å². The van der Waals surface area contributed by atoms with E-state index in [1.54, 1.807) is 24.5 Å². The van der Waals surface area contributed by atoms with Gasteiger partial charge in [-0.05, 0) is 36.8 Å². The molecule has 0 spiro atoms. The van der Waals surface area contributed by atoms with Crippen molar-refractivity contribution >= 4 is 17.5 Å². The highest BCUT2D eigenvalue weighted by atomic mass is 35.5. The molecule has 1 saturated heterocycles. The number of amides is 1. The molecule has 1 aliphatic heterocycles. The Hall–Kier alpha value is -3.49. The van der Waals surface area contributed by atoms with Gasteiger partial charge in [0.25, 0.3) is 11.8 Å². The minimum atomic E-state index is -0.0643. The molecule has 1 amide bonds. The van der Waals surface area contributed by atoms with Crippen LogP contribution in [0.25, 0.3) is 23.0 Å². The van der Waals surface area contributed by atoms with Gasteiger partial charge in [-0.3, -0.25) is 9.69 Å². The highest BCUT2D eigenvalue weighted by Gasteiger charge is 2.24. The van der Waals surface area contributed by atoms with Gasteiger partial charge in [0.1, 0.15) is 5.15 Å². The Bertz CT molecular complexity index is 1250. The van der Waals surface area contributed by atoms with Crippen LogP contribution in [0.5, 0.6) is 0 Å². The predicted octanol–water partition coefficient (Wildman–Crippen LogP) is 4.31. The van der Waals surface area contributed by atoms with Crippen LogP contribution >= 0.6 is 11.6 Å². The zero-order chi connectivity index (χ0) is 22.8. The smallest absolute Gasteiger partial charge is 0.293 e. The molecule has 0 bridgehead atoms. The molecule has 1 aliphatic rings. The zero-order valence-electron chi connectivity index (χ0n) is 18.1. The fourth-order valence-electron chi connectivity index (χ4n) is 3.82. The summed E-state index contributed by atoms with van der Waals surface area (Å²) in [5, 5.41) is 4.30. The number of carbonyl (C=O) groups is 1. The maximum absolute atomic E-state index is 12.8. The fraction of sp³-hybridized carbons (Fsp3) is 0.250.